The summed E-state index contributed by atoms with van der Waals surface area (Å²) in [4.78, 5) is 2.26. The first-order chi connectivity index (χ1) is 6.13. The summed E-state index contributed by atoms with van der Waals surface area (Å²) in [5.74, 6) is 0.594. The van der Waals surface area contributed by atoms with Crippen LogP contribution in [0.25, 0.3) is 0 Å². The topological polar surface area (TPSA) is 3.24 Å². The highest BCUT2D eigenvalue weighted by Gasteiger charge is 2.15. The van der Waals surface area contributed by atoms with Crippen molar-refractivity contribution in [3.05, 3.63) is 35.9 Å². The zero-order valence-electron chi connectivity index (χ0n) is 8.99. The van der Waals surface area contributed by atoms with Gasteiger partial charge in [0.25, 0.3) is 0 Å². The van der Waals surface area contributed by atoms with Gasteiger partial charge in [0.05, 0.1) is 0 Å². The predicted molar refractivity (Wildman–Crippen MR) is 58.0 cm³/mol. The predicted octanol–water partition coefficient (Wildman–Crippen LogP) is 2.74. The maximum atomic E-state index is 2.28. The van der Waals surface area contributed by atoms with E-state index in [2.05, 4.69) is 63.2 Å². The van der Waals surface area contributed by atoms with Crippen LogP contribution in [-0.4, -0.2) is 25.0 Å². The monoisotopic (exact) mass is 177 g/mol. The fourth-order valence-electron chi connectivity index (χ4n) is 1.48. The van der Waals surface area contributed by atoms with E-state index in [4.69, 9.17) is 0 Å². The summed E-state index contributed by atoms with van der Waals surface area (Å²) in [6.07, 6.45) is 0. The standard InChI is InChI=1S/C12H19N/c1-10(11(2)13(3)4)12-8-6-5-7-9-12/h5-11H,1-4H3. The molecule has 0 aliphatic rings. The van der Waals surface area contributed by atoms with Crippen LogP contribution in [0.5, 0.6) is 0 Å². The quantitative estimate of drug-likeness (QED) is 0.686. The van der Waals surface area contributed by atoms with Gasteiger partial charge in [0.1, 0.15) is 0 Å². The molecule has 0 fully saturated rings. The second kappa shape index (κ2) is 4.43. The first-order valence-electron chi connectivity index (χ1n) is 4.84. The molecule has 0 aliphatic carbocycles. The van der Waals surface area contributed by atoms with Crippen molar-refractivity contribution in [2.45, 2.75) is 25.8 Å². The van der Waals surface area contributed by atoms with Crippen molar-refractivity contribution in [3.8, 4) is 0 Å². The van der Waals surface area contributed by atoms with E-state index in [-0.39, 0.29) is 0 Å². The maximum absolute atomic E-state index is 2.28. The van der Waals surface area contributed by atoms with Crippen molar-refractivity contribution >= 4 is 0 Å². The molecule has 0 aromatic heterocycles. The van der Waals surface area contributed by atoms with Crippen molar-refractivity contribution in [2.75, 3.05) is 14.1 Å². The summed E-state index contributed by atoms with van der Waals surface area (Å²) < 4.78 is 0. The summed E-state index contributed by atoms with van der Waals surface area (Å²) >= 11 is 0. The summed E-state index contributed by atoms with van der Waals surface area (Å²) in [5, 5.41) is 0. The van der Waals surface area contributed by atoms with Gasteiger partial charge in [-0.15, -0.1) is 0 Å². The molecule has 72 valence electrons. The lowest BCUT2D eigenvalue weighted by molar-refractivity contribution is 0.280. The molecule has 2 unspecified atom stereocenters. The summed E-state index contributed by atoms with van der Waals surface area (Å²) in [5.41, 5.74) is 1.42. The van der Waals surface area contributed by atoms with E-state index in [1.54, 1.807) is 0 Å². The molecule has 1 heteroatoms. The van der Waals surface area contributed by atoms with Crippen LogP contribution in [0.2, 0.25) is 0 Å². The molecular formula is C12H19N. The van der Waals surface area contributed by atoms with E-state index in [1.807, 2.05) is 0 Å². The molecule has 0 N–H and O–H groups in total. The third-order valence-electron chi connectivity index (χ3n) is 2.86. The van der Waals surface area contributed by atoms with Crippen LogP contribution in [0.3, 0.4) is 0 Å². The summed E-state index contributed by atoms with van der Waals surface area (Å²) in [6.45, 7) is 4.54. The molecule has 1 rings (SSSR count). The fourth-order valence-corrected chi connectivity index (χ4v) is 1.48. The van der Waals surface area contributed by atoms with Crippen molar-refractivity contribution < 1.29 is 0 Å². The molecule has 0 saturated heterocycles. The average molecular weight is 177 g/mol. The molecule has 13 heavy (non-hydrogen) atoms. The van der Waals surface area contributed by atoms with Crippen molar-refractivity contribution in [2.24, 2.45) is 0 Å². The van der Waals surface area contributed by atoms with Crippen molar-refractivity contribution in [1.29, 1.82) is 0 Å². The van der Waals surface area contributed by atoms with Gasteiger partial charge in [-0.2, -0.15) is 0 Å². The molecule has 0 radical (unpaired) electrons. The highest BCUT2D eigenvalue weighted by atomic mass is 15.1. The lowest BCUT2D eigenvalue weighted by Gasteiger charge is -2.26. The number of benzene rings is 1. The molecule has 0 aliphatic heterocycles. The van der Waals surface area contributed by atoms with Crippen LogP contribution >= 0.6 is 0 Å². The average Bonchev–Trinajstić information content (AvgIpc) is 2.17. The minimum absolute atomic E-state index is 0.586. The Balaban J connectivity index is 2.73. The van der Waals surface area contributed by atoms with Gasteiger partial charge in [0.15, 0.2) is 0 Å². The largest absolute Gasteiger partial charge is 0.306 e. The van der Waals surface area contributed by atoms with E-state index in [1.165, 1.54) is 5.56 Å². The number of hydrogen-bond donors (Lipinski definition) is 0. The Hall–Kier alpha value is -0.820. The molecule has 0 heterocycles. The molecule has 1 aromatic rings. The number of rotatable bonds is 3. The van der Waals surface area contributed by atoms with E-state index >= 15 is 0 Å². The smallest absolute Gasteiger partial charge is 0.0127 e. The van der Waals surface area contributed by atoms with Crippen LogP contribution in [0, 0.1) is 0 Å². The van der Waals surface area contributed by atoms with Gasteiger partial charge in [0.2, 0.25) is 0 Å². The van der Waals surface area contributed by atoms with E-state index in [9.17, 15) is 0 Å². The van der Waals surface area contributed by atoms with Gasteiger partial charge in [-0.05, 0) is 32.5 Å². The third-order valence-corrected chi connectivity index (χ3v) is 2.86. The summed E-state index contributed by atoms with van der Waals surface area (Å²) in [7, 11) is 4.26. The Kier molecular flexibility index (Phi) is 3.49. The van der Waals surface area contributed by atoms with Gasteiger partial charge >= 0.3 is 0 Å². The van der Waals surface area contributed by atoms with Crippen molar-refractivity contribution in [1.82, 2.24) is 4.90 Å². The van der Waals surface area contributed by atoms with Gasteiger partial charge < -0.3 is 4.90 Å². The first kappa shape index (κ1) is 10.3. The first-order valence-corrected chi connectivity index (χ1v) is 4.84. The van der Waals surface area contributed by atoms with Crippen LogP contribution in [0.4, 0.5) is 0 Å². The lowest BCUT2D eigenvalue weighted by atomic mass is 9.94. The molecule has 2 atom stereocenters. The van der Waals surface area contributed by atoms with Gasteiger partial charge in [-0.25, -0.2) is 0 Å². The second-order valence-electron chi connectivity index (χ2n) is 3.90. The molecule has 0 saturated carbocycles. The summed E-state index contributed by atoms with van der Waals surface area (Å²) in [6, 6.07) is 11.3. The van der Waals surface area contributed by atoms with Crippen LogP contribution in [-0.2, 0) is 0 Å². The minimum Gasteiger partial charge on any atom is -0.306 e. The van der Waals surface area contributed by atoms with Gasteiger partial charge in [-0.3, -0.25) is 0 Å². The molecule has 1 nitrogen and oxygen atoms in total. The highest BCUT2D eigenvalue weighted by molar-refractivity contribution is 5.20. The van der Waals surface area contributed by atoms with Crippen LogP contribution < -0.4 is 0 Å². The maximum Gasteiger partial charge on any atom is 0.0127 e. The Morgan fingerprint density at radius 3 is 2.00 bits per heavy atom. The van der Waals surface area contributed by atoms with Gasteiger partial charge in [-0.1, -0.05) is 37.3 Å². The highest BCUT2D eigenvalue weighted by Crippen LogP contribution is 2.20. The van der Waals surface area contributed by atoms with Crippen LogP contribution in [0.15, 0.2) is 30.3 Å². The van der Waals surface area contributed by atoms with E-state index < -0.39 is 0 Å². The van der Waals surface area contributed by atoms with Crippen LogP contribution in [0.1, 0.15) is 25.3 Å². The minimum atomic E-state index is 0.586. The lowest BCUT2D eigenvalue weighted by Crippen LogP contribution is -2.29. The molecule has 1 aromatic carbocycles. The van der Waals surface area contributed by atoms with E-state index in [0.717, 1.165) is 0 Å². The Bertz CT molecular complexity index is 241. The zero-order chi connectivity index (χ0) is 9.84. The fraction of sp³-hybridized carbons (Fsp3) is 0.500. The molecular weight excluding hydrogens is 158 g/mol. The Morgan fingerprint density at radius 1 is 1.00 bits per heavy atom. The second-order valence-corrected chi connectivity index (χ2v) is 3.90. The van der Waals surface area contributed by atoms with Crippen molar-refractivity contribution in [3.63, 3.8) is 0 Å². The number of likely N-dealkylation sites (N-methyl/N-ethyl adjacent to an activating group) is 1. The van der Waals surface area contributed by atoms with E-state index in [0.29, 0.717) is 12.0 Å². The Morgan fingerprint density at radius 2 is 1.54 bits per heavy atom. The molecule has 0 amide bonds. The molecule has 0 bridgehead atoms. The number of hydrogen-bond acceptors (Lipinski definition) is 1. The Labute approximate surface area is 81.4 Å². The molecule has 0 spiro atoms. The zero-order valence-corrected chi connectivity index (χ0v) is 8.99. The SMILES string of the molecule is CC(c1ccccc1)C(C)N(C)C. The van der Waals surface area contributed by atoms with Gasteiger partial charge in [0, 0.05) is 6.04 Å². The third kappa shape index (κ3) is 2.56. The number of nitrogens with zero attached hydrogens (tertiary/aromatic N) is 1. The normalized spacial score (nSPS) is 15.8.